The van der Waals surface area contributed by atoms with Gasteiger partial charge in [0.15, 0.2) is 0 Å². The molecular formula is C13H19NO. The first-order chi connectivity index (χ1) is 7.27. The zero-order valence-corrected chi connectivity index (χ0v) is 9.26. The van der Waals surface area contributed by atoms with Crippen molar-refractivity contribution in [1.29, 1.82) is 0 Å². The van der Waals surface area contributed by atoms with E-state index in [0.29, 0.717) is 6.04 Å². The van der Waals surface area contributed by atoms with E-state index in [-0.39, 0.29) is 6.10 Å². The van der Waals surface area contributed by atoms with E-state index >= 15 is 0 Å². The standard InChI is InChI=1S/C13H19NO/c1-11(12-6-3-2-4-7-12)14-9-5-8-13(15)10-14/h2-4,6-7,11,13,15H,5,8-10H2,1H3/t11?,13-/m0/s1. The Balaban J connectivity index is 2.04. The molecule has 1 aromatic rings. The number of nitrogens with zero attached hydrogens (tertiary/aromatic N) is 1. The van der Waals surface area contributed by atoms with Gasteiger partial charge in [0.25, 0.3) is 0 Å². The van der Waals surface area contributed by atoms with Crippen LogP contribution in [0.2, 0.25) is 0 Å². The molecule has 1 heterocycles. The highest BCUT2D eigenvalue weighted by atomic mass is 16.3. The van der Waals surface area contributed by atoms with Crippen molar-refractivity contribution in [3.05, 3.63) is 35.9 Å². The maximum atomic E-state index is 9.63. The van der Waals surface area contributed by atoms with Gasteiger partial charge in [0.1, 0.15) is 0 Å². The molecule has 1 saturated heterocycles. The SMILES string of the molecule is CC(c1ccccc1)N1CCC[C@H](O)C1. The van der Waals surface area contributed by atoms with Crippen molar-refractivity contribution >= 4 is 0 Å². The van der Waals surface area contributed by atoms with E-state index in [1.165, 1.54) is 5.56 Å². The number of aliphatic hydroxyl groups excluding tert-OH is 1. The van der Waals surface area contributed by atoms with Gasteiger partial charge in [-0.3, -0.25) is 4.90 Å². The van der Waals surface area contributed by atoms with E-state index in [4.69, 9.17) is 0 Å². The number of hydrogen-bond donors (Lipinski definition) is 1. The Morgan fingerprint density at radius 3 is 2.73 bits per heavy atom. The van der Waals surface area contributed by atoms with E-state index in [2.05, 4.69) is 36.1 Å². The van der Waals surface area contributed by atoms with Crippen LogP contribution in [0.5, 0.6) is 0 Å². The van der Waals surface area contributed by atoms with Crippen LogP contribution in [0.4, 0.5) is 0 Å². The number of piperidine rings is 1. The number of β-amino-alcohol motifs (C(OH)–C–C–N with tert-alkyl or cyclic N) is 1. The largest absolute Gasteiger partial charge is 0.392 e. The molecule has 15 heavy (non-hydrogen) atoms. The highest BCUT2D eigenvalue weighted by Gasteiger charge is 2.22. The molecule has 1 aromatic carbocycles. The molecule has 1 N–H and O–H groups in total. The molecule has 0 aliphatic carbocycles. The van der Waals surface area contributed by atoms with Gasteiger partial charge in [0, 0.05) is 12.6 Å². The van der Waals surface area contributed by atoms with E-state index in [9.17, 15) is 5.11 Å². The minimum absolute atomic E-state index is 0.134. The molecule has 0 saturated carbocycles. The summed E-state index contributed by atoms with van der Waals surface area (Å²) in [6, 6.07) is 10.9. The fourth-order valence-electron chi connectivity index (χ4n) is 2.28. The molecular weight excluding hydrogens is 186 g/mol. The maximum Gasteiger partial charge on any atom is 0.0667 e. The van der Waals surface area contributed by atoms with Gasteiger partial charge in [-0.2, -0.15) is 0 Å². The molecule has 0 spiro atoms. The van der Waals surface area contributed by atoms with Crippen LogP contribution >= 0.6 is 0 Å². The molecule has 2 nitrogen and oxygen atoms in total. The number of rotatable bonds is 2. The normalized spacial score (nSPS) is 25.1. The topological polar surface area (TPSA) is 23.5 Å². The Labute approximate surface area is 91.5 Å². The summed E-state index contributed by atoms with van der Waals surface area (Å²) in [5, 5.41) is 9.63. The van der Waals surface area contributed by atoms with Crippen molar-refractivity contribution in [3.8, 4) is 0 Å². The number of hydrogen-bond acceptors (Lipinski definition) is 2. The van der Waals surface area contributed by atoms with Crippen LogP contribution in [0.25, 0.3) is 0 Å². The van der Waals surface area contributed by atoms with Crippen molar-refractivity contribution < 1.29 is 5.11 Å². The van der Waals surface area contributed by atoms with Gasteiger partial charge in [-0.25, -0.2) is 0 Å². The average Bonchev–Trinajstić information content (AvgIpc) is 2.29. The fraction of sp³-hybridized carbons (Fsp3) is 0.538. The minimum atomic E-state index is -0.134. The third-order valence-corrected chi connectivity index (χ3v) is 3.26. The summed E-state index contributed by atoms with van der Waals surface area (Å²) in [4.78, 5) is 2.36. The lowest BCUT2D eigenvalue weighted by Crippen LogP contribution is -2.39. The van der Waals surface area contributed by atoms with Crippen molar-refractivity contribution in [2.45, 2.75) is 31.9 Å². The van der Waals surface area contributed by atoms with Crippen LogP contribution in [-0.2, 0) is 0 Å². The molecule has 1 fully saturated rings. The number of likely N-dealkylation sites (tertiary alicyclic amines) is 1. The lowest BCUT2D eigenvalue weighted by molar-refractivity contribution is 0.0504. The van der Waals surface area contributed by atoms with E-state index < -0.39 is 0 Å². The second-order valence-corrected chi connectivity index (χ2v) is 4.38. The molecule has 0 bridgehead atoms. The van der Waals surface area contributed by atoms with Gasteiger partial charge in [-0.05, 0) is 31.9 Å². The minimum Gasteiger partial charge on any atom is -0.392 e. The number of benzene rings is 1. The van der Waals surface area contributed by atoms with Crippen LogP contribution in [-0.4, -0.2) is 29.2 Å². The lowest BCUT2D eigenvalue weighted by Gasteiger charge is -2.35. The van der Waals surface area contributed by atoms with Gasteiger partial charge >= 0.3 is 0 Å². The van der Waals surface area contributed by atoms with Gasteiger partial charge in [-0.15, -0.1) is 0 Å². The number of aliphatic hydroxyl groups is 1. The predicted molar refractivity (Wildman–Crippen MR) is 61.7 cm³/mol. The molecule has 1 aliphatic heterocycles. The first kappa shape index (κ1) is 10.7. The van der Waals surface area contributed by atoms with Gasteiger partial charge in [0.2, 0.25) is 0 Å². The molecule has 1 unspecified atom stereocenters. The van der Waals surface area contributed by atoms with Crippen LogP contribution in [0.1, 0.15) is 31.4 Å². The second kappa shape index (κ2) is 4.77. The van der Waals surface area contributed by atoms with Crippen molar-refractivity contribution in [1.82, 2.24) is 4.90 Å². The Morgan fingerprint density at radius 2 is 2.07 bits per heavy atom. The quantitative estimate of drug-likeness (QED) is 0.800. The Kier molecular flexibility index (Phi) is 3.39. The summed E-state index contributed by atoms with van der Waals surface area (Å²) in [5.41, 5.74) is 1.34. The van der Waals surface area contributed by atoms with E-state index in [1.54, 1.807) is 0 Å². The smallest absolute Gasteiger partial charge is 0.0667 e. The van der Waals surface area contributed by atoms with Crippen LogP contribution in [0.3, 0.4) is 0 Å². The summed E-state index contributed by atoms with van der Waals surface area (Å²) in [7, 11) is 0. The van der Waals surface area contributed by atoms with Gasteiger partial charge in [-0.1, -0.05) is 30.3 Å². The fourth-order valence-corrected chi connectivity index (χ4v) is 2.28. The summed E-state index contributed by atoms with van der Waals surface area (Å²) >= 11 is 0. The first-order valence-corrected chi connectivity index (χ1v) is 5.74. The van der Waals surface area contributed by atoms with Gasteiger partial charge < -0.3 is 5.11 Å². The summed E-state index contributed by atoms with van der Waals surface area (Å²) in [6.45, 7) is 4.14. The molecule has 0 aromatic heterocycles. The molecule has 82 valence electrons. The van der Waals surface area contributed by atoms with Crippen LogP contribution in [0, 0.1) is 0 Å². The highest BCUT2D eigenvalue weighted by Crippen LogP contribution is 2.23. The summed E-state index contributed by atoms with van der Waals surface area (Å²) in [6.07, 6.45) is 1.93. The Hall–Kier alpha value is -0.860. The third kappa shape index (κ3) is 2.58. The molecule has 1 aliphatic rings. The zero-order chi connectivity index (χ0) is 10.7. The third-order valence-electron chi connectivity index (χ3n) is 3.26. The second-order valence-electron chi connectivity index (χ2n) is 4.38. The predicted octanol–water partition coefficient (Wildman–Crippen LogP) is 2.20. The van der Waals surface area contributed by atoms with Crippen molar-refractivity contribution in [2.75, 3.05) is 13.1 Å². The van der Waals surface area contributed by atoms with Crippen molar-refractivity contribution in [2.24, 2.45) is 0 Å². The highest BCUT2D eigenvalue weighted by molar-refractivity contribution is 5.18. The van der Waals surface area contributed by atoms with Crippen molar-refractivity contribution in [3.63, 3.8) is 0 Å². The Morgan fingerprint density at radius 1 is 1.33 bits per heavy atom. The van der Waals surface area contributed by atoms with Crippen LogP contribution < -0.4 is 0 Å². The van der Waals surface area contributed by atoms with Gasteiger partial charge in [0.05, 0.1) is 6.10 Å². The average molecular weight is 205 g/mol. The summed E-state index contributed by atoms with van der Waals surface area (Å²) in [5.74, 6) is 0. The molecule has 2 atom stereocenters. The van der Waals surface area contributed by atoms with E-state index in [0.717, 1.165) is 25.9 Å². The van der Waals surface area contributed by atoms with E-state index in [1.807, 2.05) is 6.07 Å². The molecule has 0 amide bonds. The Bertz CT molecular complexity index is 299. The monoisotopic (exact) mass is 205 g/mol. The molecule has 2 heteroatoms. The molecule has 2 rings (SSSR count). The summed E-state index contributed by atoms with van der Waals surface area (Å²) < 4.78 is 0. The molecule has 0 radical (unpaired) electrons. The van der Waals surface area contributed by atoms with Crippen LogP contribution in [0.15, 0.2) is 30.3 Å². The zero-order valence-electron chi connectivity index (χ0n) is 9.26. The lowest BCUT2D eigenvalue weighted by atomic mass is 10.0. The first-order valence-electron chi connectivity index (χ1n) is 5.74. The maximum absolute atomic E-state index is 9.63.